The third-order valence-corrected chi connectivity index (χ3v) is 4.12. The van der Waals surface area contributed by atoms with Gasteiger partial charge in [0.1, 0.15) is 5.58 Å². The van der Waals surface area contributed by atoms with Gasteiger partial charge in [-0.3, -0.25) is 4.79 Å². The zero-order chi connectivity index (χ0) is 16.1. The summed E-state index contributed by atoms with van der Waals surface area (Å²) in [6.45, 7) is 2.85. The van der Waals surface area contributed by atoms with Gasteiger partial charge in [0.25, 0.3) is 5.91 Å². The number of furan rings is 1. The Morgan fingerprint density at radius 3 is 2.74 bits per heavy atom. The first-order chi connectivity index (χ1) is 11.2. The average Bonchev–Trinajstić information content (AvgIpc) is 3.07. The fourth-order valence-electron chi connectivity index (χ4n) is 2.71. The van der Waals surface area contributed by atoms with E-state index in [9.17, 15) is 4.79 Å². The molecule has 0 fully saturated rings. The zero-order valence-corrected chi connectivity index (χ0v) is 13.3. The number of nitrogens with one attached hydrogen (secondary N) is 1. The summed E-state index contributed by atoms with van der Waals surface area (Å²) in [5, 5.41) is 3.90. The molecule has 2 aromatic carbocycles. The van der Waals surface area contributed by atoms with Crippen LogP contribution < -0.4 is 5.32 Å². The Labute approximate surface area is 136 Å². The van der Waals surface area contributed by atoms with Crippen molar-refractivity contribution in [1.82, 2.24) is 5.32 Å². The summed E-state index contributed by atoms with van der Waals surface area (Å²) < 4.78 is 5.34. The molecule has 1 N–H and O–H groups in total. The van der Waals surface area contributed by atoms with Crippen LogP contribution in [0.3, 0.4) is 0 Å². The van der Waals surface area contributed by atoms with Crippen molar-refractivity contribution in [2.24, 2.45) is 5.92 Å². The van der Waals surface area contributed by atoms with Crippen molar-refractivity contribution in [2.75, 3.05) is 6.54 Å². The first kappa shape index (κ1) is 15.3. The molecule has 0 unspecified atom stereocenters. The van der Waals surface area contributed by atoms with Gasteiger partial charge in [-0.25, -0.2) is 0 Å². The minimum Gasteiger partial charge on any atom is -0.464 e. The molecule has 3 rings (SSSR count). The molecule has 1 atom stereocenters. The van der Waals surface area contributed by atoms with Crippen molar-refractivity contribution >= 4 is 16.9 Å². The third-order valence-electron chi connectivity index (χ3n) is 4.12. The molecular weight excluding hydrogens is 286 g/mol. The highest BCUT2D eigenvalue weighted by Gasteiger charge is 2.12. The summed E-state index contributed by atoms with van der Waals surface area (Å²) in [5.74, 6) is 0.395. The normalized spacial score (nSPS) is 12.2. The Bertz CT molecular complexity index is 776. The first-order valence-electron chi connectivity index (χ1n) is 8.02. The maximum Gasteiger partial charge on any atom is 0.252 e. The van der Waals surface area contributed by atoms with Crippen LogP contribution in [0.5, 0.6) is 0 Å². The Kier molecular flexibility index (Phi) is 4.77. The molecule has 0 aliphatic carbocycles. The number of hydrogen-bond donors (Lipinski definition) is 1. The van der Waals surface area contributed by atoms with E-state index in [4.69, 9.17) is 4.42 Å². The van der Waals surface area contributed by atoms with Gasteiger partial charge in [0.15, 0.2) is 0 Å². The van der Waals surface area contributed by atoms with Gasteiger partial charge in [0, 0.05) is 11.9 Å². The number of aryl methyl sites for hydroxylation is 1. The van der Waals surface area contributed by atoms with E-state index in [0.29, 0.717) is 18.0 Å². The van der Waals surface area contributed by atoms with Crippen LogP contribution in [0.15, 0.2) is 65.3 Å². The average molecular weight is 307 g/mol. The van der Waals surface area contributed by atoms with Gasteiger partial charge in [0.05, 0.1) is 11.8 Å². The van der Waals surface area contributed by atoms with Gasteiger partial charge in [-0.1, -0.05) is 43.3 Å². The number of carbonyl (C=O) groups excluding carboxylic acids is 1. The maximum absolute atomic E-state index is 12.4. The van der Waals surface area contributed by atoms with Gasteiger partial charge in [0.2, 0.25) is 0 Å². The molecule has 1 heterocycles. The highest BCUT2D eigenvalue weighted by atomic mass is 16.3. The monoisotopic (exact) mass is 307 g/mol. The Hall–Kier alpha value is -2.55. The minimum atomic E-state index is -0.0384. The number of fused-ring (bicyclic) bond motifs is 1. The van der Waals surface area contributed by atoms with Gasteiger partial charge in [-0.15, -0.1) is 0 Å². The molecule has 1 aromatic heterocycles. The topological polar surface area (TPSA) is 42.2 Å². The highest BCUT2D eigenvalue weighted by molar-refractivity contribution is 6.05. The molecule has 0 aliphatic heterocycles. The smallest absolute Gasteiger partial charge is 0.252 e. The predicted molar refractivity (Wildman–Crippen MR) is 92.5 cm³/mol. The molecule has 0 aliphatic rings. The highest BCUT2D eigenvalue weighted by Crippen LogP contribution is 2.19. The molecule has 0 saturated heterocycles. The second-order valence-electron chi connectivity index (χ2n) is 5.98. The van der Waals surface area contributed by atoms with Crippen LogP contribution in [0.4, 0.5) is 0 Å². The van der Waals surface area contributed by atoms with Crippen molar-refractivity contribution in [1.29, 1.82) is 0 Å². The number of benzene rings is 2. The Morgan fingerprint density at radius 2 is 1.91 bits per heavy atom. The number of amides is 1. The summed E-state index contributed by atoms with van der Waals surface area (Å²) in [6.07, 6.45) is 3.71. The summed E-state index contributed by atoms with van der Waals surface area (Å²) in [5.41, 5.74) is 2.76. The van der Waals surface area contributed by atoms with Crippen molar-refractivity contribution in [2.45, 2.75) is 19.8 Å². The lowest BCUT2D eigenvalue weighted by Gasteiger charge is -2.13. The summed E-state index contributed by atoms with van der Waals surface area (Å²) >= 11 is 0. The molecule has 0 saturated carbocycles. The molecule has 3 heteroatoms. The standard InChI is InChI=1S/C20H21NO2/c1-15(10-11-16-6-3-2-4-7-16)14-21-20(22)18-8-5-9-19-17(18)12-13-23-19/h2-9,12-13,15H,10-11,14H2,1H3,(H,21,22)/t15-/m1/s1. The van der Waals surface area contributed by atoms with Gasteiger partial charge in [-0.2, -0.15) is 0 Å². The van der Waals surface area contributed by atoms with Crippen LogP contribution in [0, 0.1) is 5.92 Å². The van der Waals surface area contributed by atoms with Crippen molar-refractivity contribution < 1.29 is 9.21 Å². The van der Waals surface area contributed by atoms with E-state index < -0.39 is 0 Å². The quantitative estimate of drug-likeness (QED) is 0.732. The van der Waals surface area contributed by atoms with Gasteiger partial charge in [-0.05, 0) is 42.5 Å². The molecule has 0 bridgehead atoms. The molecular formula is C20H21NO2. The fourth-order valence-corrected chi connectivity index (χ4v) is 2.71. The van der Waals surface area contributed by atoms with Crippen LogP contribution in [-0.2, 0) is 6.42 Å². The summed E-state index contributed by atoms with van der Waals surface area (Å²) in [4.78, 5) is 12.4. The van der Waals surface area contributed by atoms with Crippen molar-refractivity contribution in [3.05, 3.63) is 72.0 Å². The molecule has 23 heavy (non-hydrogen) atoms. The van der Waals surface area contributed by atoms with Crippen LogP contribution in [0.25, 0.3) is 11.0 Å². The number of hydrogen-bond acceptors (Lipinski definition) is 2. The lowest BCUT2D eigenvalue weighted by molar-refractivity contribution is 0.0949. The van der Waals surface area contributed by atoms with E-state index in [0.717, 1.165) is 23.8 Å². The fraction of sp³-hybridized carbons (Fsp3) is 0.250. The van der Waals surface area contributed by atoms with E-state index in [1.807, 2.05) is 30.3 Å². The van der Waals surface area contributed by atoms with E-state index >= 15 is 0 Å². The molecule has 3 aromatic rings. The predicted octanol–water partition coefficient (Wildman–Crippen LogP) is 4.43. The number of carbonyl (C=O) groups is 1. The molecule has 3 nitrogen and oxygen atoms in total. The van der Waals surface area contributed by atoms with E-state index in [2.05, 4.69) is 36.5 Å². The van der Waals surface area contributed by atoms with Crippen LogP contribution in [0.1, 0.15) is 29.3 Å². The first-order valence-corrected chi connectivity index (χ1v) is 8.02. The Morgan fingerprint density at radius 1 is 1.09 bits per heavy atom. The number of rotatable bonds is 6. The summed E-state index contributed by atoms with van der Waals surface area (Å²) in [6, 6.07) is 17.8. The van der Waals surface area contributed by atoms with E-state index in [1.165, 1.54) is 5.56 Å². The van der Waals surface area contributed by atoms with E-state index in [1.54, 1.807) is 6.26 Å². The van der Waals surface area contributed by atoms with Crippen LogP contribution in [-0.4, -0.2) is 12.5 Å². The van der Waals surface area contributed by atoms with Crippen molar-refractivity contribution in [3.8, 4) is 0 Å². The second kappa shape index (κ2) is 7.14. The Balaban J connectivity index is 1.53. The van der Waals surface area contributed by atoms with Gasteiger partial charge >= 0.3 is 0 Å². The third kappa shape index (κ3) is 3.81. The lowest BCUT2D eigenvalue weighted by atomic mass is 10.0. The van der Waals surface area contributed by atoms with Gasteiger partial charge < -0.3 is 9.73 Å². The maximum atomic E-state index is 12.4. The molecule has 0 spiro atoms. The summed E-state index contributed by atoms with van der Waals surface area (Å²) in [7, 11) is 0. The second-order valence-corrected chi connectivity index (χ2v) is 5.98. The van der Waals surface area contributed by atoms with Crippen LogP contribution >= 0.6 is 0 Å². The lowest BCUT2D eigenvalue weighted by Crippen LogP contribution is -2.28. The molecule has 118 valence electrons. The SMILES string of the molecule is C[C@H](CCc1ccccc1)CNC(=O)c1cccc2occc12. The zero-order valence-electron chi connectivity index (χ0n) is 13.3. The minimum absolute atomic E-state index is 0.0384. The van der Waals surface area contributed by atoms with Crippen LogP contribution in [0.2, 0.25) is 0 Å². The largest absolute Gasteiger partial charge is 0.464 e. The van der Waals surface area contributed by atoms with E-state index in [-0.39, 0.29) is 5.91 Å². The molecule has 1 amide bonds. The van der Waals surface area contributed by atoms with Crippen molar-refractivity contribution in [3.63, 3.8) is 0 Å². The molecule has 0 radical (unpaired) electrons.